The number of hydrogen-bond acceptors (Lipinski definition) is 4. The lowest BCUT2D eigenvalue weighted by Crippen LogP contribution is -2.45. The summed E-state index contributed by atoms with van der Waals surface area (Å²) in [6.45, 7) is 3.78. The van der Waals surface area contributed by atoms with Crippen LogP contribution in [0.4, 0.5) is 0 Å². The number of nitrogens with zero attached hydrogens (tertiary/aromatic N) is 1. The molecule has 1 aliphatic heterocycles. The highest BCUT2D eigenvalue weighted by Gasteiger charge is 2.28. The van der Waals surface area contributed by atoms with Crippen molar-refractivity contribution in [2.24, 2.45) is 5.92 Å². The molecule has 6 nitrogen and oxygen atoms in total. The van der Waals surface area contributed by atoms with Gasteiger partial charge in [-0.3, -0.25) is 14.4 Å². The lowest BCUT2D eigenvalue weighted by atomic mass is 9.95. The van der Waals surface area contributed by atoms with Gasteiger partial charge in [-0.15, -0.1) is 0 Å². The van der Waals surface area contributed by atoms with Gasteiger partial charge in [0.25, 0.3) is 5.91 Å². The number of likely N-dealkylation sites (tertiary alicyclic amines) is 1. The maximum Gasteiger partial charge on any atom is 0.254 e. The highest BCUT2D eigenvalue weighted by Crippen LogP contribution is 2.20. The van der Waals surface area contributed by atoms with E-state index >= 15 is 0 Å². The molecule has 0 atom stereocenters. The molecule has 0 aliphatic carbocycles. The summed E-state index contributed by atoms with van der Waals surface area (Å²) in [6, 6.07) is 1.82. The van der Waals surface area contributed by atoms with Gasteiger partial charge in [-0.25, -0.2) is 0 Å². The number of piperidine rings is 1. The molecule has 2 N–H and O–H groups in total. The minimum atomic E-state index is -0.162. The van der Waals surface area contributed by atoms with E-state index in [-0.39, 0.29) is 30.2 Å². The van der Waals surface area contributed by atoms with Gasteiger partial charge in [0.1, 0.15) is 0 Å². The maximum atomic E-state index is 12.2. The third-order valence-corrected chi connectivity index (χ3v) is 4.60. The van der Waals surface area contributed by atoms with Crippen LogP contribution in [0.1, 0.15) is 36.5 Å². The van der Waals surface area contributed by atoms with Crippen molar-refractivity contribution in [1.29, 1.82) is 0 Å². The molecule has 0 saturated carbocycles. The zero-order valence-corrected chi connectivity index (χ0v) is 14.2. The third kappa shape index (κ3) is 5.06. The highest BCUT2D eigenvalue weighted by molar-refractivity contribution is 7.08. The summed E-state index contributed by atoms with van der Waals surface area (Å²) in [5.41, 5.74) is 0.713. The zero-order valence-electron chi connectivity index (χ0n) is 13.3. The van der Waals surface area contributed by atoms with Crippen LogP contribution >= 0.6 is 11.3 Å². The monoisotopic (exact) mass is 337 g/mol. The number of carbonyl (C=O) groups excluding carboxylic acids is 3. The van der Waals surface area contributed by atoms with Gasteiger partial charge >= 0.3 is 0 Å². The Morgan fingerprint density at radius 3 is 2.61 bits per heavy atom. The molecule has 0 spiro atoms. The lowest BCUT2D eigenvalue weighted by Gasteiger charge is -2.31. The molecular formula is C16H23N3O3S. The second-order valence-corrected chi connectivity index (χ2v) is 6.43. The van der Waals surface area contributed by atoms with Gasteiger partial charge < -0.3 is 15.5 Å². The molecule has 1 fully saturated rings. The van der Waals surface area contributed by atoms with Crippen LogP contribution < -0.4 is 10.6 Å². The van der Waals surface area contributed by atoms with Gasteiger partial charge in [-0.05, 0) is 30.7 Å². The predicted molar refractivity (Wildman–Crippen MR) is 89.3 cm³/mol. The number of carbonyl (C=O) groups is 3. The fourth-order valence-electron chi connectivity index (χ4n) is 2.55. The van der Waals surface area contributed by atoms with Crippen LogP contribution in [0, 0.1) is 5.92 Å². The first-order chi connectivity index (χ1) is 11.1. The molecule has 126 valence electrons. The van der Waals surface area contributed by atoms with Gasteiger partial charge in [-0.2, -0.15) is 11.3 Å². The van der Waals surface area contributed by atoms with Crippen molar-refractivity contribution in [3.63, 3.8) is 0 Å². The molecule has 1 aromatic heterocycles. The van der Waals surface area contributed by atoms with Crippen LogP contribution in [0.2, 0.25) is 0 Å². The second-order valence-electron chi connectivity index (χ2n) is 5.65. The fraction of sp³-hybridized carbons (Fsp3) is 0.562. The molecule has 3 amide bonds. The largest absolute Gasteiger partial charge is 0.355 e. The van der Waals surface area contributed by atoms with Crippen molar-refractivity contribution in [2.75, 3.05) is 26.2 Å². The van der Waals surface area contributed by atoms with Crippen LogP contribution in [0.5, 0.6) is 0 Å². The number of rotatable bonds is 6. The van der Waals surface area contributed by atoms with Gasteiger partial charge in [-0.1, -0.05) is 6.92 Å². The molecule has 0 aromatic carbocycles. The summed E-state index contributed by atoms with van der Waals surface area (Å²) in [5.74, 6) is -0.353. The molecule has 0 bridgehead atoms. The van der Waals surface area contributed by atoms with Gasteiger partial charge in [0, 0.05) is 30.9 Å². The van der Waals surface area contributed by atoms with E-state index in [1.807, 2.05) is 23.8 Å². The van der Waals surface area contributed by atoms with Crippen LogP contribution in [-0.4, -0.2) is 48.8 Å². The van der Waals surface area contributed by atoms with E-state index in [0.717, 1.165) is 6.42 Å². The molecule has 2 rings (SSSR count). The molecule has 23 heavy (non-hydrogen) atoms. The minimum Gasteiger partial charge on any atom is -0.355 e. The summed E-state index contributed by atoms with van der Waals surface area (Å²) in [7, 11) is 0. The number of thiophene rings is 1. The van der Waals surface area contributed by atoms with Crippen LogP contribution in [0.3, 0.4) is 0 Å². The first-order valence-electron chi connectivity index (χ1n) is 7.97. The lowest BCUT2D eigenvalue weighted by molar-refractivity contribution is -0.129. The number of nitrogens with one attached hydrogen (secondary N) is 2. The van der Waals surface area contributed by atoms with E-state index in [0.29, 0.717) is 38.0 Å². The Balaban J connectivity index is 1.72. The van der Waals surface area contributed by atoms with Crippen LogP contribution in [-0.2, 0) is 9.59 Å². The molecule has 1 aromatic rings. The first kappa shape index (κ1) is 17.5. The Kier molecular flexibility index (Phi) is 6.58. The average molecular weight is 337 g/mol. The van der Waals surface area contributed by atoms with Crippen molar-refractivity contribution >= 4 is 29.1 Å². The zero-order chi connectivity index (χ0) is 16.7. The second kappa shape index (κ2) is 8.67. The molecular weight excluding hydrogens is 314 g/mol. The van der Waals surface area contributed by atoms with Gasteiger partial charge in [0.2, 0.25) is 11.8 Å². The first-order valence-corrected chi connectivity index (χ1v) is 8.92. The summed E-state index contributed by atoms with van der Waals surface area (Å²) in [5, 5.41) is 9.13. The smallest absolute Gasteiger partial charge is 0.254 e. The Bertz CT molecular complexity index is 537. The van der Waals surface area contributed by atoms with Gasteiger partial charge in [0.05, 0.1) is 12.1 Å². The molecule has 0 unspecified atom stereocenters. The van der Waals surface area contributed by atoms with Crippen molar-refractivity contribution in [3.8, 4) is 0 Å². The quantitative estimate of drug-likeness (QED) is 0.820. The van der Waals surface area contributed by atoms with E-state index in [4.69, 9.17) is 0 Å². The van der Waals surface area contributed by atoms with Crippen molar-refractivity contribution in [1.82, 2.24) is 15.5 Å². The van der Waals surface area contributed by atoms with E-state index in [1.54, 1.807) is 4.90 Å². The van der Waals surface area contributed by atoms with Crippen molar-refractivity contribution in [3.05, 3.63) is 22.4 Å². The predicted octanol–water partition coefficient (Wildman–Crippen LogP) is 1.24. The van der Waals surface area contributed by atoms with Crippen molar-refractivity contribution in [2.45, 2.75) is 26.2 Å². The van der Waals surface area contributed by atoms with E-state index in [2.05, 4.69) is 10.6 Å². The maximum absolute atomic E-state index is 12.2. The Morgan fingerprint density at radius 2 is 2.00 bits per heavy atom. The van der Waals surface area contributed by atoms with Crippen LogP contribution in [0.25, 0.3) is 0 Å². The van der Waals surface area contributed by atoms with Crippen molar-refractivity contribution < 1.29 is 14.4 Å². The van der Waals surface area contributed by atoms with E-state index in [1.165, 1.54) is 11.3 Å². The number of hydrogen-bond donors (Lipinski definition) is 2. The normalized spacial score (nSPS) is 15.3. The van der Waals surface area contributed by atoms with E-state index < -0.39 is 0 Å². The molecule has 1 saturated heterocycles. The van der Waals surface area contributed by atoms with Gasteiger partial charge in [0.15, 0.2) is 0 Å². The SMILES string of the molecule is CCCNC(=O)CNC(=O)C1CCN(C(=O)c2ccsc2)CC1. The Hall–Kier alpha value is -1.89. The molecule has 1 aliphatic rings. The Morgan fingerprint density at radius 1 is 1.26 bits per heavy atom. The fourth-order valence-corrected chi connectivity index (χ4v) is 3.18. The number of amides is 3. The summed E-state index contributed by atoms with van der Waals surface area (Å²) < 4.78 is 0. The standard InChI is InChI=1S/C16H23N3O3S/c1-2-6-17-14(20)10-18-15(21)12-3-7-19(8-4-12)16(22)13-5-9-23-11-13/h5,9,11-12H,2-4,6-8,10H2,1H3,(H,17,20)(H,18,21). The topological polar surface area (TPSA) is 78.5 Å². The third-order valence-electron chi connectivity index (χ3n) is 3.92. The molecule has 2 heterocycles. The summed E-state index contributed by atoms with van der Waals surface area (Å²) >= 11 is 1.50. The summed E-state index contributed by atoms with van der Waals surface area (Å²) in [4.78, 5) is 37.6. The average Bonchev–Trinajstić information content (AvgIpc) is 3.11. The Labute approximate surface area is 140 Å². The minimum absolute atomic E-state index is 0.0207. The summed E-state index contributed by atoms with van der Waals surface area (Å²) in [6.07, 6.45) is 2.15. The molecule has 0 radical (unpaired) electrons. The highest BCUT2D eigenvalue weighted by atomic mass is 32.1. The van der Waals surface area contributed by atoms with Crippen LogP contribution in [0.15, 0.2) is 16.8 Å². The van der Waals surface area contributed by atoms with E-state index in [9.17, 15) is 14.4 Å². The molecule has 7 heteroatoms.